The topological polar surface area (TPSA) is 42.0 Å². The Morgan fingerprint density at radius 3 is 2.59 bits per heavy atom. The molecule has 3 aromatic carbocycles. The molecule has 0 bridgehead atoms. The maximum atomic E-state index is 13.2. The molecule has 29 heavy (non-hydrogen) atoms. The maximum absolute atomic E-state index is 13.2. The van der Waals surface area contributed by atoms with Crippen LogP contribution in [0.5, 0.6) is 0 Å². The van der Waals surface area contributed by atoms with Crippen LogP contribution in [0.1, 0.15) is 27.0 Å². The van der Waals surface area contributed by atoms with E-state index in [1.165, 1.54) is 0 Å². The normalized spacial score (nSPS) is 11.1. The highest BCUT2D eigenvalue weighted by Gasteiger charge is 2.15. The predicted octanol–water partition coefficient (Wildman–Crippen LogP) is 6.05. The van der Waals surface area contributed by atoms with E-state index in [4.69, 9.17) is 0 Å². The van der Waals surface area contributed by atoms with Gasteiger partial charge in [-0.05, 0) is 42.2 Å². The summed E-state index contributed by atoms with van der Waals surface area (Å²) < 4.78 is 0. The second-order valence-electron chi connectivity index (χ2n) is 6.96. The molecule has 1 heterocycles. The van der Waals surface area contributed by atoms with Gasteiger partial charge in [-0.1, -0.05) is 78.9 Å². The Hall–Kier alpha value is -3.72. The van der Waals surface area contributed by atoms with Gasteiger partial charge in [0.25, 0.3) is 5.91 Å². The van der Waals surface area contributed by atoms with Crippen LogP contribution in [0.2, 0.25) is 0 Å². The van der Waals surface area contributed by atoms with E-state index in [1.807, 2.05) is 73.7 Å². The van der Waals surface area contributed by atoms with Gasteiger partial charge in [0.15, 0.2) is 0 Å². The van der Waals surface area contributed by atoms with E-state index in [2.05, 4.69) is 34.6 Å². The first kappa shape index (κ1) is 18.6. The van der Waals surface area contributed by atoms with Crippen LogP contribution in [0.3, 0.4) is 0 Å². The fourth-order valence-corrected chi connectivity index (χ4v) is 3.50. The number of benzene rings is 3. The summed E-state index contributed by atoms with van der Waals surface area (Å²) in [6.07, 6.45) is 6.61. The third-order valence-electron chi connectivity index (χ3n) is 4.91. The fraction of sp³-hybridized carbons (Fsp3) is 0.0769. The van der Waals surface area contributed by atoms with Crippen LogP contribution in [-0.2, 0) is 6.42 Å². The van der Waals surface area contributed by atoms with Crippen molar-refractivity contribution in [2.45, 2.75) is 13.3 Å². The summed E-state index contributed by atoms with van der Waals surface area (Å²) in [5, 5.41) is 4.07. The third kappa shape index (κ3) is 4.25. The summed E-state index contributed by atoms with van der Waals surface area (Å²) in [6.45, 7) is 1.97. The molecule has 0 aliphatic rings. The highest BCUT2D eigenvalue weighted by Crippen LogP contribution is 2.23. The Labute approximate surface area is 170 Å². The van der Waals surface area contributed by atoms with E-state index in [1.54, 1.807) is 6.20 Å². The minimum absolute atomic E-state index is 0.107. The largest absolute Gasteiger partial charge is 0.320 e. The van der Waals surface area contributed by atoms with Gasteiger partial charge in [0.1, 0.15) is 0 Å². The van der Waals surface area contributed by atoms with Crippen molar-refractivity contribution in [1.82, 2.24) is 4.98 Å². The van der Waals surface area contributed by atoms with Gasteiger partial charge < -0.3 is 5.32 Å². The standard InChI is InChI=1S/C26H22N2O/c1-19-9-5-13-21(14-6-12-20-10-3-2-4-11-20)24(19)26(29)28-23-17-7-15-22-16-8-18-27-25(22)23/h2-13,15-18H,14H2,1H3,(H,28,29)/b12-6+. The molecule has 1 N–H and O–H groups in total. The van der Waals surface area contributed by atoms with E-state index in [9.17, 15) is 4.79 Å². The Morgan fingerprint density at radius 1 is 0.931 bits per heavy atom. The molecule has 0 aliphatic heterocycles. The second kappa shape index (κ2) is 8.53. The lowest BCUT2D eigenvalue weighted by Gasteiger charge is -2.13. The fourth-order valence-electron chi connectivity index (χ4n) is 3.50. The van der Waals surface area contributed by atoms with Crippen molar-refractivity contribution in [3.63, 3.8) is 0 Å². The summed E-state index contributed by atoms with van der Waals surface area (Å²) in [4.78, 5) is 17.6. The first-order chi connectivity index (χ1) is 14.2. The quantitative estimate of drug-likeness (QED) is 0.459. The van der Waals surface area contributed by atoms with Crippen LogP contribution in [0.4, 0.5) is 5.69 Å². The van der Waals surface area contributed by atoms with E-state index in [0.717, 1.165) is 38.8 Å². The number of fused-ring (bicyclic) bond motifs is 1. The van der Waals surface area contributed by atoms with Gasteiger partial charge in [-0.2, -0.15) is 0 Å². The lowest BCUT2D eigenvalue weighted by atomic mass is 9.98. The van der Waals surface area contributed by atoms with Gasteiger partial charge in [-0.15, -0.1) is 0 Å². The van der Waals surface area contributed by atoms with Crippen molar-refractivity contribution in [2.75, 3.05) is 5.32 Å². The Balaban J connectivity index is 1.60. The van der Waals surface area contributed by atoms with Crippen LogP contribution in [0.25, 0.3) is 17.0 Å². The summed E-state index contributed by atoms with van der Waals surface area (Å²) in [5.74, 6) is -0.107. The van der Waals surface area contributed by atoms with Crippen molar-refractivity contribution in [3.05, 3.63) is 113 Å². The van der Waals surface area contributed by atoms with Crippen molar-refractivity contribution >= 4 is 28.6 Å². The smallest absolute Gasteiger partial charge is 0.256 e. The van der Waals surface area contributed by atoms with E-state index >= 15 is 0 Å². The molecule has 0 fully saturated rings. The number of pyridine rings is 1. The number of rotatable bonds is 5. The maximum Gasteiger partial charge on any atom is 0.256 e. The average molecular weight is 378 g/mol. The number of para-hydroxylation sites is 1. The number of hydrogen-bond acceptors (Lipinski definition) is 2. The van der Waals surface area contributed by atoms with E-state index in [-0.39, 0.29) is 5.91 Å². The molecule has 4 rings (SSSR count). The molecular weight excluding hydrogens is 356 g/mol. The van der Waals surface area contributed by atoms with Crippen molar-refractivity contribution in [3.8, 4) is 0 Å². The zero-order valence-corrected chi connectivity index (χ0v) is 16.3. The SMILES string of the molecule is Cc1cccc(C/C=C/c2ccccc2)c1C(=O)Nc1cccc2cccnc12. The minimum atomic E-state index is -0.107. The minimum Gasteiger partial charge on any atom is -0.320 e. The predicted molar refractivity (Wildman–Crippen MR) is 120 cm³/mol. The zero-order chi connectivity index (χ0) is 20.1. The molecule has 1 amide bonds. The average Bonchev–Trinajstić information content (AvgIpc) is 2.75. The van der Waals surface area contributed by atoms with Crippen LogP contribution >= 0.6 is 0 Å². The van der Waals surface area contributed by atoms with Gasteiger partial charge >= 0.3 is 0 Å². The summed E-state index contributed by atoms with van der Waals surface area (Å²) >= 11 is 0. The molecule has 4 aromatic rings. The molecule has 0 spiro atoms. The van der Waals surface area contributed by atoms with Crippen molar-refractivity contribution < 1.29 is 4.79 Å². The summed E-state index contributed by atoms with van der Waals surface area (Å²) in [7, 11) is 0. The van der Waals surface area contributed by atoms with Crippen LogP contribution < -0.4 is 5.32 Å². The second-order valence-corrected chi connectivity index (χ2v) is 6.96. The first-order valence-electron chi connectivity index (χ1n) is 9.67. The molecule has 0 unspecified atom stereocenters. The number of carbonyl (C=O) groups is 1. The monoisotopic (exact) mass is 378 g/mol. The molecule has 142 valence electrons. The van der Waals surface area contributed by atoms with Gasteiger partial charge in [-0.3, -0.25) is 9.78 Å². The molecule has 3 heteroatoms. The van der Waals surface area contributed by atoms with Crippen LogP contribution in [-0.4, -0.2) is 10.9 Å². The lowest BCUT2D eigenvalue weighted by Crippen LogP contribution is -2.16. The number of carbonyl (C=O) groups excluding carboxylic acids is 1. The highest BCUT2D eigenvalue weighted by atomic mass is 16.1. The van der Waals surface area contributed by atoms with Crippen molar-refractivity contribution in [1.29, 1.82) is 0 Å². The number of amides is 1. The summed E-state index contributed by atoms with van der Waals surface area (Å²) in [5.41, 5.74) is 5.35. The Bertz CT molecular complexity index is 1170. The molecule has 0 radical (unpaired) electrons. The number of nitrogens with zero attached hydrogens (tertiary/aromatic N) is 1. The van der Waals surface area contributed by atoms with Gasteiger partial charge in [0, 0.05) is 17.1 Å². The molecule has 0 saturated heterocycles. The Morgan fingerprint density at radius 2 is 1.72 bits per heavy atom. The number of hydrogen-bond donors (Lipinski definition) is 1. The van der Waals surface area contributed by atoms with Gasteiger partial charge in [0.2, 0.25) is 0 Å². The molecule has 0 aliphatic carbocycles. The van der Waals surface area contributed by atoms with Crippen LogP contribution in [0, 0.1) is 6.92 Å². The number of aromatic nitrogens is 1. The molecule has 1 aromatic heterocycles. The first-order valence-corrected chi connectivity index (χ1v) is 9.67. The highest BCUT2D eigenvalue weighted by molar-refractivity contribution is 6.09. The Kier molecular flexibility index (Phi) is 5.48. The van der Waals surface area contributed by atoms with Gasteiger partial charge in [0.05, 0.1) is 11.2 Å². The molecule has 0 atom stereocenters. The lowest BCUT2D eigenvalue weighted by molar-refractivity contribution is 0.102. The number of aryl methyl sites for hydroxylation is 1. The van der Waals surface area contributed by atoms with E-state index in [0.29, 0.717) is 6.42 Å². The number of nitrogens with one attached hydrogen (secondary N) is 1. The zero-order valence-electron chi connectivity index (χ0n) is 16.3. The molecule has 3 nitrogen and oxygen atoms in total. The third-order valence-corrected chi connectivity index (χ3v) is 4.91. The number of anilines is 1. The van der Waals surface area contributed by atoms with Gasteiger partial charge in [-0.25, -0.2) is 0 Å². The van der Waals surface area contributed by atoms with Crippen LogP contribution in [0.15, 0.2) is 91.1 Å². The molecule has 0 saturated carbocycles. The number of allylic oxidation sites excluding steroid dienone is 1. The summed E-state index contributed by atoms with van der Waals surface area (Å²) in [6, 6.07) is 25.8. The van der Waals surface area contributed by atoms with Crippen molar-refractivity contribution in [2.24, 2.45) is 0 Å². The van der Waals surface area contributed by atoms with E-state index < -0.39 is 0 Å². The molecular formula is C26H22N2O.